The van der Waals surface area contributed by atoms with Gasteiger partial charge in [0.1, 0.15) is 5.75 Å². The van der Waals surface area contributed by atoms with Crippen LogP contribution in [0.1, 0.15) is 15.9 Å². The van der Waals surface area contributed by atoms with Gasteiger partial charge in [-0.25, -0.2) is 0 Å². The zero-order valence-corrected chi connectivity index (χ0v) is 13.9. The third-order valence-corrected chi connectivity index (χ3v) is 3.83. The summed E-state index contributed by atoms with van der Waals surface area (Å²) >= 11 is 0. The Bertz CT molecular complexity index is 1040. The SMILES string of the molecule is COc1ccc(C(=O)N=Nc2c(O)[nH]c3c(C)cc([N+](=O)[O-])cc23)cc1. The molecular formula is C17H14N4O5. The molecule has 132 valence electrons. The molecule has 0 spiro atoms. The number of H-pyrrole nitrogens is 1. The van der Waals surface area contributed by atoms with Crippen LogP contribution in [0, 0.1) is 17.0 Å². The number of benzene rings is 2. The minimum absolute atomic E-state index is 0.0336. The molecule has 0 aliphatic rings. The van der Waals surface area contributed by atoms with E-state index in [4.69, 9.17) is 4.74 Å². The fourth-order valence-corrected chi connectivity index (χ4v) is 2.52. The van der Waals surface area contributed by atoms with Gasteiger partial charge in [-0.15, -0.1) is 10.2 Å². The summed E-state index contributed by atoms with van der Waals surface area (Å²) in [4.78, 5) is 25.3. The monoisotopic (exact) mass is 354 g/mol. The number of nitro benzene ring substituents is 1. The predicted molar refractivity (Wildman–Crippen MR) is 93.2 cm³/mol. The first kappa shape index (κ1) is 17.1. The van der Waals surface area contributed by atoms with Gasteiger partial charge in [0.2, 0.25) is 5.88 Å². The van der Waals surface area contributed by atoms with E-state index in [9.17, 15) is 20.0 Å². The third kappa shape index (κ3) is 3.09. The van der Waals surface area contributed by atoms with E-state index >= 15 is 0 Å². The van der Waals surface area contributed by atoms with Gasteiger partial charge in [0.15, 0.2) is 5.69 Å². The normalized spacial score (nSPS) is 11.2. The number of hydrogen-bond acceptors (Lipinski definition) is 6. The highest BCUT2D eigenvalue weighted by molar-refractivity contribution is 5.98. The van der Waals surface area contributed by atoms with Crippen LogP contribution in [-0.4, -0.2) is 28.0 Å². The maximum Gasteiger partial charge on any atom is 0.295 e. The summed E-state index contributed by atoms with van der Waals surface area (Å²) in [5.74, 6) is -0.353. The number of aromatic nitrogens is 1. The molecule has 0 bridgehead atoms. The van der Waals surface area contributed by atoms with Gasteiger partial charge in [-0.1, -0.05) is 0 Å². The third-order valence-electron chi connectivity index (χ3n) is 3.83. The minimum atomic E-state index is -0.622. The molecular weight excluding hydrogens is 340 g/mol. The number of nitro groups is 1. The summed E-state index contributed by atoms with van der Waals surface area (Å²) in [5.41, 5.74) is 1.16. The molecule has 0 saturated heterocycles. The van der Waals surface area contributed by atoms with Crippen LogP contribution >= 0.6 is 0 Å². The number of hydrogen-bond donors (Lipinski definition) is 2. The number of amides is 1. The van der Waals surface area contributed by atoms with Crippen molar-refractivity contribution in [3.05, 3.63) is 57.6 Å². The summed E-state index contributed by atoms with van der Waals surface area (Å²) in [6, 6.07) is 8.93. The number of methoxy groups -OCH3 is 1. The second kappa shape index (κ2) is 6.63. The quantitative estimate of drug-likeness (QED) is 0.415. The maximum atomic E-state index is 12.1. The van der Waals surface area contributed by atoms with Crippen LogP contribution in [0.5, 0.6) is 11.6 Å². The van der Waals surface area contributed by atoms with Crippen molar-refractivity contribution in [1.29, 1.82) is 0 Å². The number of fused-ring (bicyclic) bond motifs is 1. The standard InChI is InChI=1S/C17H14N4O5/c1-9-7-11(21(24)25)8-13-14(9)18-17(23)15(13)19-20-16(22)10-3-5-12(26-2)6-4-10/h3-8,18,23H,1-2H3. The lowest BCUT2D eigenvalue weighted by Crippen LogP contribution is -1.93. The molecule has 0 aliphatic carbocycles. The maximum absolute atomic E-state index is 12.1. The molecule has 9 nitrogen and oxygen atoms in total. The topological polar surface area (TPSA) is 130 Å². The first-order chi connectivity index (χ1) is 12.4. The molecule has 0 fully saturated rings. The first-order valence-electron chi connectivity index (χ1n) is 7.50. The van der Waals surface area contributed by atoms with E-state index in [1.165, 1.54) is 31.4 Å². The summed E-state index contributed by atoms with van der Waals surface area (Å²) in [7, 11) is 1.51. The van der Waals surface area contributed by atoms with E-state index in [-0.39, 0.29) is 22.8 Å². The average molecular weight is 354 g/mol. The van der Waals surface area contributed by atoms with Crippen LogP contribution in [0.4, 0.5) is 11.4 Å². The lowest BCUT2D eigenvalue weighted by Gasteiger charge is -1.99. The molecule has 0 aliphatic heterocycles. The van der Waals surface area contributed by atoms with Gasteiger partial charge in [0, 0.05) is 23.1 Å². The number of carbonyl (C=O) groups excluding carboxylic acids is 1. The van der Waals surface area contributed by atoms with E-state index in [1.807, 2.05) is 0 Å². The van der Waals surface area contributed by atoms with Gasteiger partial charge in [-0.2, -0.15) is 0 Å². The fourth-order valence-electron chi connectivity index (χ4n) is 2.52. The molecule has 0 saturated carbocycles. The highest BCUT2D eigenvalue weighted by Crippen LogP contribution is 2.39. The number of aromatic amines is 1. The Morgan fingerprint density at radius 2 is 1.96 bits per heavy atom. The first-order valence-corrected chi connectivity index (χ1v) is 7.50. The molecule has 0 atom stereocenters. The Kier molecular flexibility index (Phi) is 4.36. The van der Waals surface area contributed by atoms with Crippen LogP contribution < -0.4 is 4.74 Å². The number of aryl methyl sites for hydroxylation is 1. The Labute approximate surface area is 147 Å². The minimum Gasteiger partial charge on any atom is -0.497 e. The van der Waals surface area contributed by atoms with E-state index < -0.39 is 10.8 Å². The molecule has 3 rings (SSSR count). The lowest BCUT2D eigenvalue weighted by molar-refractivity contribution is -0.384. The highest BCUT2D eigenvalue weighted by Gasteiger charge is 2.18. The molecule has 1 amide bonds. The molecule has 2 N–H and O–H groups in total. The largest absolute Gasteiger partial charge is 0.497 e. The van der Waals surface area contributed by atoms with Crippen molar-refractivity contribution in [3.8, 4) is 11.6 Å². The van der Waals surface area contributed by atoms with Crippen molar-refractivity contribution in [2.45, 2.75) is 6.92 Å². The summed E-state index contributed by atoms with van der Waals surface area (Å²) in [5, 5.41) is 28.8. The second-order valence-corrected chi connectivity index (χ2v) is 5.50. The Morgan fingerprint density at radius 1 is 1.27 bits per heavy atom. The predicted octanol–water partition coefficient (Wildman–Crippen LogP) is 4.02. The number of azo groups is 1. The zero-order valence-electron chi connectivity index (χ0n) is 13.9. The van der Waals surface area contributed by atoms with E-state index in [2.05, 4.69) is 15.2 Å². The molecule has 1 aromatic heterocycles. The lowest BCUT2D eigenvalue weighted by atomic mass is 10.1. The Hall–Kier alpha value is -3.75. The highest BCUT2D eigenvalue weighted by atomic mass is 16.6. The number of carbonyl (C=O) groups is 1. The van der Waals surface area contributed by atoms with Crippen molar-refractivity contribution in [3.63, 3.8) is 0 Å². The number of nitrogens with zero attached hydrogens (tertiary/aromatic N) is 3. The molecule has 0 unspecified atom stereocenters. The van der Waals surface area contributed by atoms with Gasteiger partial charge in [0.25, 0.3) is 11.6 Å². The summed E-state index contributed by atoms with van der Waals surface area (Å²) in [6.45, 7) is 1.66. The molecule has 9 heteroatoms. The number of aromatic hydroxyl groups is 1. The molecule has 26 heavy (non-hydrogen) atoms. The van der Waals surface area contributed by atoms with Crippen molar-refractivity contribution in [2.24, 2.45) is 10.2 Å². The number of rotatable bonds is 4. The van der Waals surface area contributed by atoms with Crippen molar-refractivity contribution >= 4 is 28.2 Å². The van der Waals surface area contributed by atoms with Crippen LogP contribution in [-0.2, 0) is 0 Å². The van der Waals surface area contributed by atoms with E-state index in [1.54, 1.807) is 19.1 Å². The van der Waals surface area contributed by atoms with Crippen molar-refractivity contribution in [2.75, 3.05) is 7.11 Å². The Morgan fingerprint density at radius 3 is 2.58 bits per heavy atom. The second-order valence-electron chi connectivity index (χ2n) is 5.50. The van der Waals surface area contributed by atoms with Gasteiger partial charge in [-0.05, 0) is 36.8 Å². The fraction of sp³-hybridized carbons (Fsp3) is 0.118. The average Bonchev–Trinajstić information content (AvgIpc) is 2.95. The number of ether oxygens (including phenoxy) is 1. The van der Waals surface area contributed by atoms with Gasteiger partial charge >= 0.3 is 0 Å². The zero-order chi connectivity index (χ0) is 18.8. The Balaban J connectivity index is 1.99. The molecule has 2 aromatic carbocycles. The molecule has 0 radical (unpaired) electrons. The van der Waals surface area contributed by atoms with Crippen LogP contribution in [0.15, 0.2) is 46.6 Å². The number of non-ortho nitro benzene ring substituents is 1. The van der Waals surface area contributed by atoms with Gasteiger partial charge in [0.05, 0.1) is 17.5 Å². The van der Waals surface area contributed by atoms with Crippen LogP contribution in [0.3, 0.4) is 0 Å². The summed E-state index contributed by atoms with van der Waals surface area (Å²) < 4.78 is 5.02. The van der Waals surface area contributed by atoms with Crippen molar-refractivity contribution in [1.82, 2.24) is 4.98 Å². The van der Waals surface area contributed by atoms with E-state index in [0.29, 0.717) is 22.2 Å². The molecule has 1 heterocycles. The van der Waals surface area contributed by atoms with Gasteiger partial charge < -0.3 is 14.8 Å². The number of nitrogens with one attached hydrogen (secondary N) is 1. The van der Waals surface area contributed by atoms with Crippen LogP contribution in [0.25, 0.3) is 10.9 Å². The van der Waals surface area contributed by atoms with Crippen LogP contribution in [0.2, 0.25) is 0 Å². The van der Waals surface area contributed by atoms with Gasteiger partial charge in [-0.3, -0.25) is 14.9 Å². The van der Waals surface area contributed by atoms with Crippen molar-refractivity contribution < 1.29 is 19.6 Å². The smallest absolute Gasteiger partial charge is 0.295 e. The van der Waals surface area contributed by atoms with E-state index in [0.717, 1.165) is 0 Å². The summed E-state index contributed by atoms with van der Waals surface area (Å²) in [6.07, 6.45) is 0. The molecule has 3 aromatic rings.